The Labute approximate surface area is 236 Å². The average Bonchev–Trinajstić information content (AvgIpc) is 3.70. The van der Waals surface area contributed by atoms with E-state index < -0.39 is 56.5 Å². The zero-order valence-corrected chi connectivity index (χ0v) is 22.5. The molecule has 16 heteroatoms. The molecule has 0 radical (unpaired) electrons. The molecule has 3 rings (SSSR count). The standard InChI is InChI=1S/C12H21F4NO3.C8H12F4O2.C4H9NO.CH4/c13-11(14)7-12(15,16)1-4-20-9-10(18)8-17-2-5-19-6-3-17;9-7(10)3-8(11,12)1-2-13-4-6-5-14-6;1-3-6-4-2-5-1;/h10-11,18H,1-9H2;6-7H,1-5H2;5H,1-4H2;1H4. The first kappa shape index (κ1) is 40.1. The molecule has 3 saturated heterocycles. The van der Waals surface area contributed by atoms with Gasteiger partial charge in [0.1, 0.15) is 6.10 Å². The van der Waals surface area contributed by atoms with Gasteiger partial charge in [-0.1, -0.05) is 7.43 Å². The number of hydrogen-bond donors (Lipinski definition) is 2. The molecule has 0 saturated carbocycles. The first-order valence-corrected chi connectivity index (χ1v) is 13.2. The summed E-state index contributed by atoms with van der Waals surface area (Å²) in [6.07, 6.45) is -11.0. The maximum atomic E-state index is 12.9. The van der Waals surface area contributed by atoms with E-state index in [1.165, 1.54) is 0 Å². The van der Waals surface area contributed by atoms with Gasteiger partial charge in [-0.15, -0.1) is 0 Å². The fourth-order valence-electron chi connectivity index (χ4n) is 3.35. The Morgan fingerprint density at radius 1 is 0.829 bits per heavy atom. The van der Waals surface area contributed by atoms with Crippen molar-refractivity contribution in [3.8, 4) is 0 Å². The smallest absolute Gasteiger partial charge is 0.255 e. The van der Waals surface area contributed by atoms with Gasteiger partial charge < -0.3 is 34.1 Å². The second kappa shape index (κ2) is 22.6. The Morgan fingerprint density at radius 2 is 1.32 bits per heavy atom. The highest BCUT2D eigenvalue weighted by molar-refractivity contribution is 4.71. The molecule has 41 heavy (non-hydrogen) atoms. The van der Waals surface area contributed by atoms with Crippen LogP contribution in [0, 0.1) is 0 Å². The molecule has 0 aromatic heterocycles. The van der Waals surface area contributed by atoms with Crippen LogP contribution in [0.2, 0.25) is 0 Å². The van der Waals surface area contributed by atoms with Crippen LogP contribution >= 0.6 is 0 Å². The van der Waals surface area contributed by atoms with Crippen molar-refractivity contribution in [2.24, 2.45) is 0 Å². The third-order valence-electron chi connectivity index (χ3n) is 5.57. The van der Waals surface area contributed by atoms with E-state index in [1.54, 1.807) is 0 Å². The number of alkyl halides is 8. The minimum Gasteiger partial charge on any atom is -0.389 e. The van der Waals surface area contributed by atoms with E-state index in [0.29, 0.717) is 39.5 Å². The highest BCUT2D eigenvalue weighted by Gasteiger charge is 2.34. The van der Waals surface area contributed by atoms with Gasteiger partial charge in [0, 0.05) is 45.6 Å². The van der Waals surface area contributed by atoms with Gasteiger partial charge in [0.25, 0.3) is 11.8 Å². The van der Waals surface area contributed by atoms with Crippen LogP contribution in [0.15, 0.2) is 0 Å². The zero-order valence-electron chi connectivity index (χ0n) is 22.5. The Morgan fingerprint density at radius 3 is 1.73 bits per heavy atom. The van der Waals surface area contributed by atoms with Gasteiger partial charge in [0.2, 0.25) is 12.9 Å². The first-order valence-electron chi connectivity index (χ1n) is 13.2. The molecule has 2 atom stereocenters. The van der Waals surface area contributed by atoms with E-state index in [-0.39, 0.29) is 40.0 Å². The fourth-order valence-corrected chi connectivity index (χ4v) is 3.35. The van der Waals surface area contributed by atoms with Gasteiger partial charge in [0.15, 0.2) is 0 Å². The topological polar surface area (TPSA) is 85.0 Å². The summed E-state index contributed by atoms with van der Waals surface area (Å²) in [6.45, 7) is 7.07. The van der Waals surface area contributed by atoms with Crippen molar-refractivity contribution >= 4 is 0 Å². The SMILES string of the molecule is C.C1COCCN1.FC(F)CC(F)(F)CCOCC1CO1.OC(COCCC(F)(F)CC(F)F)CN1CCOCC1. The largest absolute Gasteiger partial charge is 0.389 e. The molecule has 3 fully saturated rings. The minimum atomic E-state index is -3.43. The van der Waals surface area contributed by atoms with Crippen molar-refractivity contribution in [2.75, 3.05) is 92.2 Å². The van der Waals surface area contributed by atoms with Crippen molar-refractivity contribution in [1.29, 1.82) is 0 Å². The molecule has 3 aliphatic heterocycles. The van der Waals surface area contributed by atoms with Crippen molar-refractivity contribution < 1.29 is 63.9 Å². The molecule has 248 valence electrons. The van der Waals surface area contributed by atoms with Crippen LogP contribution in [-0.2, 0) is 23.7 Å². The molecule has 0 spiro atoms. The van der Waals surface area contributed by atoms with Gasteiger partial charge in [-0.2, -0.15) is 0 Å². The molecule has 0 aromatic carbocycles. The van der Waals surface area contributed by atoms with Crippen LogP contribution in [0.4, 0.5) is 35.1 Å². The van der Waals surface area contributed by atoms with Crippen LogP contribution in [0.25, 0.3) is 0 Å². The van der Waals surface area contributed by atoms with Crippen LogP contribution in [-0.4, -0.2) is 139 Å². The van der Waals surface area contributed by atoms with Crippen LogP contribution < -0.4 is 5.32 Å². The lowest BCUT2D eigenvalue weighted by Crippen LogP contribution is -2.42. The predicted molar refractivity (Wildman–Crippen MR) is 135 cm³/mol. The number of rotatable bonds is 16. The summed E-state index contributed by atoms with van der Waals surface area (Å²) in [5.41, 5.74) is 0. The number of β-amino-alcohol motifs (C(OH)–C–C–N with tert-alkyl or cyclic N) is 1. The minimum absolute atomic E-state index is 0. The number of halogens is 8. The van der Waals surface area contributed by atoms with Crippen molar-refractivity contribution in [3.05, 3.63) is 0 Å². The molecule has 2 N–H and O–H groups in total. The summed E-state index contributed by atoms with van der Waals surface area (Å²) >= 11 is 0. The average molecular weight is 623 g/mol. The highest BCUT2D eigenvalue weighted by atomic mass is 19.3. The summed E-state index contributed by atoms with van der Waals surface area (Å²) in [5, 5.41) is 12.8. The number of aliphatic hydroxyl groups is 1. The van der Waals surface area contributed by atoms with Crippen molar-refractivity contribution in [3.63, 3.8) is 0 Å². The van der Waals surface area contributed by atoms with Crippen LogP contribution in [0.1, 0.15) is 33.1 Å². The van der Waals surface area contributed by atoms with Gasteiger partial charge in [-0.3, -0.25) is 4.90 Å². The predicted octanol–water partition coefficient (Wildman–Crippen LogP) is 3.70. The Balaban J connectivity index is 0.000000657. The summed E-state index contributed by atoms with van der Waals surface area (Å²) in [7, 11) is 0. The Hall–Kier alpha value is -0.880. The number of ether oxygens (including phenoxy) is 5. The molecule has 0 aromatic rings. The third kappa shape index (κ3) is 25.3. The molecule has 0 bridgehead atoms. The maximum Gasteiger partial charge on any atom is 0.255 e. The lowest BCUT2D eigenvalue weighted by molar-refractivity contribution is -0.0815. The number of epoxide rings is 1. The summed E-state index contributed by atoms with van der Waals surface area (Å²) in [5.74, 6) is -6.76. The van der Waals surface area contributed by atoms with E-state index in [0.717, 1.165) is 26.3 Å². The number of aliphatic hydroxyl groups excluding tert-OH is 1. The molecular weight excluding hydrogens is 576 g/mol. The van der Waals surface area contributed by atoms with E-state index in [2.05, 4.69) is 5.32 Å². The zero-order chi connectivity index (χ0) is 29.9. The number of morpholine rings is 2. The highest BCUT2D eigenvalue weighted by Crippen LogP contribution is 2.27. The number of nitrogens with zero attached hydrogens (tertiary/aromatic N) is 1. The van der Waals surface area contributed by atoms with E-state index in [9.17, 15) is 40.2 Å². The van der Waals surface area contributed by atoms with Crippen molar-refractivity contribution in [1.82, 2.24) is 10.2 Å². The molecule has 0 amide bonds. The molecule has 3 aliphatic rings. The fraction of sp³-hybridized carbons (Fsp3) is 1.00. The molecule has 8 nitrogen and oxygen atoms in total. The Kier molecular flexibility index (Phi) is 22.1. The van der Waals surface area contributed by atoms with E-state index in [4.69, 9.17) is 23.7 Å². The quantitative estimate of drug-likeness (QED) is 0.153. The van der Waals surface area contributed by atoms with E-state index >= 15 is 0 Å². The Bertz CT molecular complexity index is 603. The van der Waals surface area contributed by atoms with Gasteiger partial charge in [-0.25, -0.2) is 35.1 Å². The normalized spacial score (nSPS) is 20.4. The summed E-state index contributed by atoms with van der Waals surface area (Å²) < 4.78 is 123. The second-order valence-corrected chi connectivity index (χ2v) is 9.44. The number of hydrogen-bond acceptors (Lipinski definition) is 8. The van der Waals surface area contributed by atoms with Gasteiger partial charge in [-0.05, 0) is 0 Å². The summed E-state index contributed by atoms with van der Waals surface area (Å²) in [4.78, 5) is 1.99. The van der Waals surface area contributed by atoms with Crippen LogP contribution in [0.5, 0.6) is 0 Å². The molecule has 2 unspecified atom stereocenters. The second-order valence-electron chi connectivity index (χ2n) is 9.44. The maximum absolute atomic E-state index is 12.9. The lowest BCUT2D eigenvalue weighted by atomic mass is 10.2. The molecule has 3 heterocycles. The molecule has 0 aliphatic carbocycles. The van der Waals surface area contributed by atoms with Gasteiger partial charge >= 0.3 is 0 Å². The van der Waals surface area contributed by atoms with Gasteiger partial charge in [0.05, 0.1) is 78.4 Å². The lowest BCUT2D eigenvalue weighted by Gasteiger charge is -2.28. The number of nitrogens with one attached hydrogen (secondary N) is 1. The summed E-state index contributed by atoms with van der Waals surface area (Å²) in [6, 6.07) is 0. The monoisotopic (exact) mass is 622 g/mol. The first-order chi connectivity index (χ1) is 18.9. The van der Waals surface area contributed by atoms with Crippen LogP contribution in [0.3, 0.4) is 0 Å². The molecular formula is C25H46F8N2O6. The van der Waals surface area contributed by atoms with Crippen molar-refractivity contribution in [2.45, 2.75) is 70.0 Å². The van der Waals surface area contributed by atoms with E-state index in [1.807, 2.05) is 4.90 Å². The third-order valence-corrected chi connectivity index (χ3v) is 5.57.